The van der Waals surface area contributed by atoms with Crippen LogP contribution in [0.1, 0.15) is 16.7 Å². The van der Waals surface area contributed by atoms with Crippen LogP contribution in [0.3, 0.4) is 0 Å². The zero-order valence-corrected chi connectivity index (χ0v) is 10.4. The minimum atomic E-state index is 0.445. The van der Waals surface area contributed by atoms with Gasteiger partial charge in [-0.1, -0.05) is 0 Å². The first-order valence-corrected chi connectivity index (χ1v) is 6.27. The van der Waals surface area contributed by atoms with Crippen molar-refractivity contribution in [3.63, 3.8) is 0 Å². The Morgan fingerprint density at radius 3 is 2.62 bits per heavy atom. The summed E-state index contributed by atoms with van der Waals surface area (Å²) in [4.78, 5) is 6.82. The van der Waals surface area contributed by atoms with Crippen molar-refractivity contribution in [3.8, 4) is 0 Å². The number of anilines is 1. The number of nitrogens with zero attached hydrogens (tertiary/aromatic N) is 1. The van der Waals surface area contributed by atoms with Gasteiger partial charge in [0.1, 0.15) is 0 Å². The van der Waals surface area contributed by atoms with E-state index < -0.39 is 0 Å². The average Bonchev–Trinajstić information content (AvgIpc) is 2.65. The Morgan fingerprint density at radius 2 is 2.00 bits per heavy atom. The predicted octanol–water partition coefficient (Wildman–Crippen LogP) is 3.49. The predicted molar refractivity (Wildman–Crippen MR) is 70.1 cm³/mol. The lowest BCUT2D eigenvalue weighted by Crippen LogP contribution is -2.17. The molecule has 2 aromatic heterocycles. The van der Waals surface area contributed by atoms with Gasteiger partial charge in [0, 0.05) is 40.3 Å². The topological polar surface area (TPSA) is 24.9 Å². The molecule has 16 heavy (non-hydrogen) atoms. The molecule has 0 bridgehead atoms. The first-order chi connectivity index (χ1) is 7.74. The van der Waals surface area contributed by atoms with Crippen molar-refractivity contribution in [1.29, 1.82) is 0 Å². The largest absolute Gasteiger partial charge is 0.382 e. The average molecular weight is 232 g/mol. The van der Waals surface area contributed by atoms with Gasteiger partial charge in [0.15, 0.2) is 0 Å². The van der Waals surface area contributed by atoms with Gasteiger partial charge in [0.05, 0.1) is 0 Å². The van der Waals surface area contributed by atoms with Crippen LogP contribution in [0.25, 0.3) is 0 Å². The molecule has 3 heteroatoms. The van der Waals surface area contributed by atoms with Crippen molar-refractivity contribution >= 4 is 17.0 Å². The molecule has 0 radical (unpaired) electrons. The number of thiophene rings is 1. The number of hydrogen-bond acceptors (Lipinski definition) is 3. The van der Waals surface area contributed by atoms with E-state index in [9.17, 15) is 0 Å². The van der Waals surface area contributed by atoms with Crippen molar-refractivity contribution in [2.24, 2.45) is 0 Å². The minimum Gasteiger partial charge on any atom is -0.382 e. The van der Waals surface area contributed by atoms with Crippen molar-refractivity contribution in [1.82, 2.24) is 4.98 Å². The molecule has 0 aliphatic carbocycles. The third-order valence-electron chi connectivity index (χ3n) is 2.40. The monoisotopic (exact) mass is 232 g/mol. The van der Waals surface area contributed by atoms with Gasteiger partial charge in [0.25, 0.3) is 0 Å². The van der Waals surface area contributed by atoms with Crippen molar-refractivity contribution in [2.75, 3.05) is 5.32 Å². The molecule has 2 aromatic rings. The molecule has 1 N–H and O–H groups in total. The standard InChI is InChI=1S/C13H16N2S/c1-10(9-13-4-3-11(2)16-13)15-12-5-7-14-8-6-12/h3-8,10H,9H2,1-2H3,(H,14,15). The van der Waals surface area contributed by atoms with E-state index in [-0.39, 0.29) is 0 Å². The van der Waals surface area contributed by atoms with Gasteiger partial charge in [-0.2, -0.15) is 0 Å². The molecule has 2 heterocycles. The van der Waals surface area contributed by atoms with Gasteiger partial charge >= 0.3 is 0 Å². The molecule has 1 unspecified atom stereocenters. The summed E-state index contributed by atoms with van der Waals surface area (Å²) in [6.07, 6.45) is 4.69. The molecule has 0 saturated heterocycles. The molecule has 2 nitrogen and oxygen atoms in total. The lowest BCUT2D eigenvalue weighted by Gasteiger charge is -2.13. The van der Waals surface area contributed by atoms with Crippen LogP contribution in [0, 0.1) is 6.92 Å². The van der Waals surface area contributed by atoms with Crippen LogP contribution in [-0.2, 0) is 6.42 Å². The summed E-state index contributed by atoms with van der Waals surface area (Å²) in [5, 5.41) is 3.47. The first kappa shape index (κ1) is 11.1. The molecule has 2 rings (SSSR count). The quantitative estimate of drug-likeness (QED) is 0.872. The second-order valence-corrected chi connectivity index (χ2v) is 5.37. The Hall–Kier alpha value is -1.35. The van der Waals surface area contributed by atoms with Gasteiger partial charge in [-0.3, -0.25) is 4.98 Å². The summed E-state index contributed by atoms with van der Waals surface area (Å²) in [7, 11) is 0. The maximum atomic E-state index is 4.00. The second-order valence-electron chi connectivity index (χ2n) is 4.00. The summed E-state index contributed by atoms with van der Waals surface area (Å²) in [5.41, 5.74) is 1.13. The highest BCUT2D eigenvalue weighted by atomic mass is 32.1. The van der Waals surface area contributed by atoms with Crippen LogP contribution in [-0.4, -0.2) is 11.0 Å². The van der Waals surface area contributed by atoms with E-state index >= 15 is 0 Å². The van der Waals surface area contributed by atoms with Gasteiger partial charge in [-0.15, -0.1) is 11.3 Å². The Labute approximate surface area is 100 Å². The van der Waals surface area contributed by atoms with E-state index in [4.69, 9.17) is 0 Å². The molecule has 84 valence electrons. The third kappa shape index (κ3) is 3.07. The molecule has 1 atom stereocenters. The number of nitrogens with one attached hydrogen (secondary N) is 1. The van der Waals surface area contributed by atoms with Crippen molar-refractivity contribution in [3.05, 3.63) is 46.4 Å². The number of aryl methyl sites for hydroxylation is 1. The van der Waals surface area contributed by atoms with Crippen molar-refractivity contribution < 1.29 is 0 Å². The van der Waals surface area contributed by atoms with E-state index in [1.54, 1.807) is 0 Å². The number of aromatic nitrogens is 1. The Bertz CT molecular complexity index is 436. The maximum absolute atomic E-state index is 4.00. The fourth-order valence-electron chi connectivity index (χ4n) is 1.68. The third-order valence-corrected chi connectivity index (χ3v) is 3.42. The summed E-state index contributed by atoms with van der Waals surface area (Å²) >= 11 is 1.87. The molecule has 0 amide bonds. The molecule has 0 aromatic carbocycles. The normalized spacial score (nSPS) is 12.4. The number of pyridine rings is 1. The smallest absolute Gasteiger partial charge is 0.0373 e. The van der Waals surface area contributed by atoms with Gasteiger partial charge in [-0.25, -0.2) is 0 Å². The zero-order chi connectivity index (χ0) is 11.4. The van der Waals surface area contributed by atoms with E-state index in [1.807, 2.05) is 35.9 Å². The summed E-state index contributed by atoms with van der Waals surface area (Å²) < 4.78 is 0. The highest BCUT2D eigenvalue weighted by Crippen LogP contribution is 2.18. The van der Waals surface area contributed by atoms with Crippen LogP contribution in [0.5, 0.6) is 0 Å². The zero-order valence-electron chi connectivity index (χ0n) is 9.60. The molecular weight excluding hydrogens is 216 g/mol. The van der Waals surface area contributed by atoms with Gasteiger partial charge in [-0.05, 0) is 38.1 Å². The molecule has 0 spiro atoms. The van der Waals surface area contributed by atoms with E-state index in [0.29, 0.717) is 6.04 Å². The SMILES string of the molecule is Cc1ccc(CC(C)Nc2ccncc2)s1. The lowest BCUT2D eigenvalue weighted by molar-refractivity contribution is 0.800. The Morgan fingerprint density at radius 1 is 1.25 bits per heavy atom. The van der Waals surface area contributed by atoms with E-state index in [1.165, 1.54) is 9.75 Å². The van der Waals surface area contributed by atoms with E-state index in [0.717, 1.165) is 12.1 Å². The van der Waals surface area contributed by atoms with Crippen LogP contribution >= 0.6 is 11.3 Å². The summed E-state index contributed by atoms with van der Waals surface area (Å²) in [6.45, 7) is 4.35. The van der Waals surface area contributed by atoms with Crippen LogP contribution in [0.2, 0.25) is 0 Å². The molecular formula is C13H16N2S. The molecule has 0 aliphatic rings. The lowest BCUT2D eigenvalue weighted by atomic mass is 10.2. The summed E-state index contributed by atoms with van der Waals surface area (Å²) in [5.74, 6) is 0. The first-order valence-electron chi connectivity index (χ1n) is 5.46. The van der Waals surface area contributed by atoms with E-state index in [2.05, 4.69) is 36.3 Å². The summed E-state index contributed by atoms with van der Waals surface area (Å²) in [6, 6.07) is 8.83. The maximum Gasteiger partial charge on any atom is 0.0373 e. The fraction of sp³-hybridized carbons (Fsp3) is 0.308. The van der Waals surface area contributed by atoms with Crippen LogP contribution in [0.15, 0.2) is 36.7 Å². The Kier molecular flexibility index (Phi) is 3.57. The van der Waals surface area contributed by atoms with Crippen molar-refractivity contribution in [2.45, 2.75) is 26.3 Å². The number of hydrogen-bond donors (Lipinski definition) is 1. The van der Waals surface area contributed by atoms with Gasteiger partial charge < -0.3 is 5.32 Å². The van der Waals surface area contributed by atoms with Crippen LogP contribution in [0.4, 0.5) is 5.69 Å². The molecule has 0 aliphatic heterocycles. The number of rotatable bonds is 4. The molecule has 0 fully saturated rings. The Balaban J connectivity index is 1.92. The minimum absolute atomic E-state index is 0.445. The highest BCUT2D eigenvalue weighted by molar-refractivity contribution is 7.11. The van der Waals surface area contributed by atoms with Crippen LogP contribution < -0.4 is 5.32 Å². The fourth-order valence-corrected chi connectivity index (χ4v) is 2.70. The van der Waals surface area contributed by atoms with Gasteiger partial charge in [0.2, 0.25) is 0 Å². The molecule has 0 saturated carbocycles. The second kappa shape index (κ2) is 5.12. The highest BCUT2D eigenvalue weighted by Gasteiger charge is 2.04.